The fourth-order valence-electron chi connectivity index (χ4n) is 2.45. The molecule has 25 heavy (non-hydrogen) atoms. The molecule has 0 radical (unpaired) electrons. The summed E-state index contributed by atoms with van der Waals surface area (Å²) in [6.45, 7) is 0. The van der Waals surface area contributed by atoms with Crippen molar-refractivity contribution >= 4 is 17.6 Å². The molecule has 1 N–H and O–H groups in total. The van der Waals surface area contributed by atoms with Gasteiger partial charge in [-0.1, -0.05) is 30.3 Å². The molecule has 0 aliphatic carbocycles. The lowest BCUT2D eigenvalue weighted by atomic mass is 10.0. The van der Waals surface area contributed by atoms with Crippen molar-refractivity contribution in [3.05, 3.63) is 87.2 Å². The molecule has 0 unspecified atom stereocenters. The number of nitrogens with one attached hydrogen (secondary N) is 1. The van der Waals surface area contributed by atoms with Gasteiger partial charge >= 0.3 is 11.7 Å². The number of cyclic esters (lactones) is 1. The van der Waals surface area contributed by atoms with Crippen LogP contribution >= 0.6 is 0 Å². The van der Waals surface area contributed by atoms with Gasteiger partial charge in [-0.15, -0.1) is 0 Å². The first-order valence-electron chi connectivity index (χ1n) is 7.19. The van der Waals surface area contributed by atoms with E-state index in [1.54, 1.807) is 24.3 Å². The van der Waals surface area contributed by atoms with Gasteiger partial charge in [-0.05, 0) is 23.8 Å². The van der Waals surface area contributed by atoms with Gasteiger partial charge in [0.15, 0.2) is 0 Å². The number of nitrogens with zero attached hydrogens (tertiary/aromatic N) is 1. The van der Waals surface area contributed by atoms with Crippen LogP contribution in [0.4, 0.5) is 5.69 Å². The van der Waals surface area contributed by atoms with Crippen LogP contribution < -0.4 is 10.4 Å². The number of carboxylic acid groups (broad SMARTS) is 1. The molecular weight excluding hydrogens is 328 g/mol. The van der Waals surface area contributed by atoms with Crippen molar-refractivity contribution in [2.45, 2.75) is 6.10 Å². The van der Waals surface area contributed by atoms with E-state index in [-0.39, 0.29) is 11.3 Å². The first-order chi connectivity index (χ1) is 12.0. The summed E-state index contributed by atoms with van der Waals surface area (Å²) in [6.07, 6.45) is 0.00217. The van der Waals surface area contributed by atoms with E-state index in [1.165, 1.54) is 24.3 Å². The standard InChI is InChI=1S/C17H12N2O6/c20-16(21)10-5-7-11(8-6-10)18-9-14(19(23)24)15-12-3-1-2-4-13(12)17(22)25-15/h1-9,15,18H,(H,20,21)/p-1/t15-/m1/s1. The van der Waals surface area contributed by atoms with Gasteiger partial charge in [0.25, 0.3) is 0 Å². The SMILES string of the molecule is O=C([O-])c1ccc(NC=C([C@@H]2OC(=O)c3ccccc32)[N+](=O)[O-])cc1. The van der Waals surface area contributed by atoms with Crippen LogP contribution in [0.2, 0.25) is 0 Å². The van der Waals surface area contributed by atoms with Crippen molar-refractivity contribution in [1.29, 1.82) is 0 Å². The van der Waals surface area contributed by atoms with Gasteiger partial charge in [-0.3, -0.25) is 10.1 Å². The summed E-state index contributed by atoms with van der Waals surface area (Å²) < 4.78 is 5.12. The number of carbonyl (C=O) groups is 2. The Bertz CT molecular complexity index is 888. The maximum atomic E-state index is 11.8. The normalized spacial score (nSPS) is 16.1. The van der Waals surface area contributed by atoms with Crippen LogP contribution in [0, 0.1) is 10.1 Å². The van der Waals surface area contributed by atoms with Gasteiger partial charge in [-0.2, -0.15) is 0 Å². The summed E-state index contributed by atoms with van der Waals surface area (Å²) in [5.74, 6) is -1.94. The van der Waals surface area contributed by atoms with Gasteiger partial charge in [0.2, 0.25) is 6.10 Å². The molecule has 1 heterocycles. The molecule has 8 nitrogen and oxygen atoms in total. The number of nitro groups is 1. The summed E-state index contributed by atoms with van der Waals surface area (Å²) in [5, 5.41) is 24.8. The van der Waals surface area contributed by atoms with Gasteiger partial charge in [-0.25, -0.2) is 4.79 Å². The van der Waals surface area contributed by atoms with E-state index in [4.69, 9.17) is 4.74 Å². The number of esters is 1. The predicted molar refractivity (Wildman–Crippen MR) is 84.1 cm³/mol. The Kier molecular flexibility index (Phi) is 4.17. The summed E-state index contributed by atoms with van der Waals surface area (Å²) in [7, 11) is 0. The second-order valence-electron chi connectivity index (χ2n) is 5.21. The predicted octanol–water partition coefficient (Wildman–Crippen LogP) is 1.49. The fraction of sp³-hybridized carbons (Fsp3) is 0.0588. The summed E-state index contributed by atoms with van der Waals surface area (Å²) >= 11 is 0. The van der Waals surface area contributed by atoms with E-state index in [0.717, 1.165) is 6.20 Å². The van der Waals surface area contributed by atoms with E-state index < -0.39 is 23.0 Å². The molecule has 1 atom stereocenters. The third-order valence-corrected chi connectivity index (χ3v) is 3.67. The highest BCUT2D eigenvalue weighted by molar-refractivity contribution is 5.94. The number of anilines is 1. The lowest BCUT2D eigenvalue weighted by Gasteiger charge is -2.09. The smallest absolute Gasteiger partial charge is 0.339 e. The van der Waals surface area contributed by atoms with Crippen molar-refractivity contribution in [3.63, 3.8) is 0 Å². The second-order valence-corrected chi connectivity index (χ2v) is 5.21. The van der Waals surface area contributed by atoms with Crippen molar-refractivity contribution in [2.24, 2.45) is 0 Å². The molecule has 2 aromatic carbocycles. The van der Waals surface area contributed by atoms with Crippen LogP contribution in [0.5, 0.6) is 0 Å². The zero-order valence-corrected chi connectivity index (χ0v) is 12.7. The highest BCUT2D eigenvalue weighted by Gasteiger charge is 2.39. The van der Waals surface area contributed by atoms with Crippen molar-refractivity contribution in [1.82, 2.24) is 0 Å². The molecule has 0 aromatic heterocycles. The average Bonchev–Trinajstić information content (AvgIpc) is 2.92. The maximum Gasteiger partial charge on any atom is 0.339 e. The molecule has 0 saturated carbocycles. The third kappa shape index (κ3) is 3.18. The zero-order chi connectivity index (χ0) is 18.0. The van der Waals surface area contributed by atoms with E-state index in [0.29, 0.717) is 16.8 Å². The summed E-state index contributed by atoms with van der Waals surface area (Å²) in [6, 6.07) is 11.9. The Labute approximate surface area is 141 Å². The van der Waals surface area contributed by atoms with Crippen molar-refractivity contribution in [3.8, 4) is 0 Å². The largest absolute Gasteiger partial charge is 0.545 e. The lowest BCUT2D eigenvalue weighted by Crippen LogP contribution is -2.21. The quantitative estimate of drug-likeness (QED) is 0.497. The Morgan fingerprint density at radius 3 is 2.48 bits per heavy atom. The van der Waals surface area contributed by atoms with Crippen LogP contribution in [0.25, 0.3) is 0 Å². The van der Waals surface area contributed by atoms with Gasteiger partial charge in [0.1, 0.15) is 0 Å². The molecule has 0 saturated heterocycles. The molecule has 0 fully saturated rings. The van der Waals surface area contributed by atoms with E-state index in [9.17, 15) is 24.8 Å². The van der Waals surface area contributed by atoms with Gasteiger partial charge < -0.3 is 20.0 Å². The maximum absolute atomic E-state index is 11.8. The highest BCUT2D eigenvalue weighted by atomic mass is 16.6. The Morgan fingerprint density at radius 1 is 1.16 bits per heavy atom. The molecule has 0 spiro atoms. The Hall–Kier alpha value is -3.68. The van der Waals surface area contributed by atoms with Crippen LogP contribution in [-0.4, -0.2) is 16.9 Å². The number of hydrogen-bond acceptors (Lipinski definition) is 7. The topological polar surface area (TPSA) is 122 Å². The Balaban J connectivity index is 1.87. The molecule has 0 amide bonds. The molecule has 2 aromatic rings. The first kappa shape index (κ1) is 16.2. The Morgan fingerprint density at radius 2 is 1.84 bits per heavy atom. The minimum absolute atomic E-state index is 0.0114. The van der Waals surface area contributed by atoms with E-state index in [2.05, 4.69) is 5.32 Å². The minimum atomic E-state index is -1.32. The number of carboxylic acids is 1. The number of aromatic carboxylic acids is 1. The molecule has 3 rings (SSSR count). The average molecular weight is 339 g/mol. The number of ether oxygens (including phenoxy) is 1. The van der Waals surface area contributed by atoms with Crippen LogP contribution in [0.3, 0.4) is 0 Å². The van der Waals surface area contributed by atoms with Crippen molar-refractivity contribution < 1.29 is 24.4 Å². The second kappa shape index (κ2) is 6.44. The fourth-order valence-corrected chi connectivity index (χ4v) is 2.45. The number of fused-ring (bicyclic) bond motifs is 1. The summed E-state index contributed by atoms with van der Waals surface area (Å²) in [4.78, 5) is 33.3. The number of hydrogen-bond donors (Lipinski definition) is 1. The molecule has 8 heteroatoms. The molecule has 1 aliphatic heterocycles. The molecular formula is C17H11N2O6-. The molecule has 126 valence electrons. The number of carbonyl (C=O) groups excluding carboxylic acids is 2. The number of benzene rings is 2. The van der Waals surface area contributed by atoms with Crippen molar-refractivity contribution in [2.75, 3.05) is 5.32 Å². The monoisotopic (exact) mass is 339 g/mol. The van der Waals surface area contributed by atoms with E-state index >= 15 is 0 Å². The van der Waals surface area contributed by atoms with Gasteiger partial charge in [0.05, 0.1) is 22.7 Å². The molecule has 0 bridgehead atoms. The minimum Gasteiger partial charge on any atom is -0.545 e. The highest BCUT2D eigenvalue weighted by Crippen LogP contribution is 2.35. The van der Waals surface area contributed by atoms with Crippen LogP contribution in [0.1, 0.15) is 32.4 Å². The zero-order valence-electron chi connectivity index (χ0n) is 12.7. The van der Waals surface area contributed by atoms with Gasteiger partial charge in [0, 0.05) is 11.3 Å². The molecule has 1 aliphatic rings. The van der Waals surface area contributed by atoms with E-state index in [1.807, 2.05) is 0 Å². The third-order valence-electron chi connectivity index (χ3n) is 3.67. The first-order valence-corrected chi connectivity index (χ1v) is 7.19. The summed E-state index contributed by atoms with van der Waals surface area (Å²) in [5.41, 5.74) is 0.787. The van der Waals surface area contributed by atoms with Crippen LogP contribution in [0.15, 0.2) is 60.4 Å². The van der Waals surface area contributed by atoms with Crippen LogP contribution in [-0.2, 0) is 4.74 Å². The lowest BCUT2D eigenvalue weighted by molar-refractivity contribution is -0.436. The number of rotatable bonds is 5.